The highest BCUT2D eigenvalue weighted by atomic mass is 16.5. The van der Waals surface area contributed by atoms with E-state index in [2.05, 4.69) is 10.4 Å². The maximum Gasteiger partial charge on any atom is 0.349 e. The van der Waals surface area contributed by atoms with Gasteiger partial charge in [-0.3, -0.25) is 9.20 Å². The van der Waals surface area contributed by atoms with Crippen LogP contribution in [0.25, 0.3) is 5.52 Å². The van der Waals surface area contributed by atoms with Crippen LogP contribution in [0.5, 0.6) is 5.75 Å². The average Bonchev–Trinajstić information content (AvgIpc) is 3.05. The van der Waals surface area contributed by atoms with Crippen molar-refractivity contribution in [3.8, 4) is 5.75 Å². The molecule has 1 aromatic carbocycles. The van der Waals surface area contributed by atoms with Gasteiger partial charge < -0.3 is 10.1 Å². The van der Waals surface area contributed by atoms with Gasteiger partial charge in [0.25, 0.3) is 0 Å². The van der Waals surface area contributed by atoms with Crippen LogP contribution in [-0.2, 0) is 17.9 Å². The molecule has 2 aromatic heterocycles. The molecule has 0 fully saturated rings. The summed E-state index contributed by atoms with van der Waals surface area (Å²) >= 11 is 0. The van der Waals surface area contributed by atoms with Crippen LogP contribution in [0, 0.1) is 0 Å². The SMILES string of the molecule is COc1cccc(CNC(=O)Cn2ncc3cccn3c2=O)c1. The van der Waals surface area contributed by atoms with Crippen LogP contribution < -0.4 is 15.7 Å². The predicted octanol–water partition coefficient (Wildman–Crippen LogP) is 0.821. The second-order valence-electron chi connectivity index (χ2n) is 5.02. The maximum absolute atomic E-state index is 12.1. The smallest absolute Gasteiger partial charge is 0.349 e. The van der Waals surface area contributed by atoms with Gasteiger partial charge in [-0.15, -0.1) is 0 Å². The van der Waals surface area contributed by atoms with E-state index in [1.54, 1.807) is 31.6 Å². The van der Waals surface area contributed by atoms with Gasteiger partial charge in [0.2, 0.25) is 5.91 Å². The molecule has 7 heteroatoms. The van der Waals surface area contributed by atoms with Gasteiger partial charge >= 0.3 is 5.69 Å². The number of nitrogens with one attached hydrogen (secondary N) is 1. The summed E-state index contributed by atoms with van der Waals surface area (Å²) in [5.41, 5.74) is 1.27. The number of hydrogen-bond acceptors (Lipinski definition) is 4. The molecule has 0 aliphatic rings. The molecule has 0 aliphatic heterocycles. The van der Waals surface area contributed by atoms with Crippen LogP contribution in [0.3, 0.4) is 0 Å². The summed E-state index contributed by atoms with van der Waals surface area (Å²) in [5.74, 6) is 0.446. The fourth-order valence-corrected chi connectivity index (χ4v) is 2.26. The number of methoxy groups -OCH3 is 1. The van der Waals surface area contributed by atoms with Gasteiger partial charge in [-0.05, 0) is 29.8 Å². The van der Waals surface area contributed by atoms with Crippen molar-refractivity contribution in [3.63, 3.8) is 0 Å². The van der Waals surface area contributed by atoms with Crippen molar-refractivity contribution in [3.05, 3.63) is 64.8 Å². The molecule has 118 valence electrons. The van der Waals surface area contributed by atoms with Crippen LogP contribution in [0.15, 0.2) is 53.6 Å². The van der Waals surface area contributed by atoms with E-state index >= 15 is 0 Å². The number of hydrogen-bond donors (Lipinski definition) is 1. The predicted molar refractivity (Wildman–Crippen MR) is 84.3 cm³/mol. The number of rotatable bonds is 5. The standard InChI is InChI=1S/C16H16N4O3/c1-23-14-6-2-4-12(8-14)9-17-15(21)11-20-16(22)19-7-3-5-13(19)10-18-20/h2-8,10H,9,11H2,1H3,(H,17,21). The highest BCUT2D eigenvalue weighted by Crippen LogP contribution is 2.12. The number of aromatic nitrogens is 3. The molecule has 3 rings (SSSR count). The van der Waals surface area contributed by atoms with Crippen molar-refractivity contribution in [1.82, 2.24) is 19.5 Å². The number of amides is 1. The van der Waals surface area contributed by atoms with E-state index in [0.717, 1.165) is 16.0 Å². The highest BCUT2D eigenvalue weighted by molar-refractivity contribution is 5.75. The summed E-state index contributed by atoms with van der Waals surface area (Å²) in [4.78, 5) is 24.2. The van der Waals surface area contributed by atoms with Gasteiger partial charge in [-0.2, -0.15) is 5.10 Å². The van der Waals surface area contributed by atoms with E-state index in [-0.39, 0.29) is 18.1 Å². The quantitative estimate of drug-likeness (QED) is 0.756. The molecule has 0 saturated heterocycles. The van der Waals surface area contributed by atoms with E-state index in [9.17, 15) is 9.59 Å². The lowest BCUT2D eigenvalue weighted by Crippen LogP contribution is -2.35. The van der Waals surface area contributed by atoms with Gasteiger partial charge in [0.1, 0.15) is 12.3 Å². The third-order valence-corrected chi connectivity index (χ3v) is 3.45. The lowest BCUT2D eigenvalue weighted by Gasteiger charge is -2.08. The lowest BCUT2D eigenvalue weighted by molar-refractivity contribution is -0.122. The number of ether oxygens (including phenoxy) is 1. The van der Waals surface area contributed by atoms with Gasteiger partial charge in [0, 0.05) is 12.7 Å². The molecule has 0 spiro atoms. The van der Waals surface area contributed by atoms with Crippen LogP contribution in [0.4, 0.5) is 0 Å². The van der Waals surface area contributed by atoms with E-state index in [1.807, 2.05) is 24.3 Å². The number of carbonyl (C=O) groups excluding carboxylic acids is 1. The molecule has 0 saturated carbocycles. The van der Waals surface area contributed by atoms with E-state index in [1.165, 1.54) is 4.40 Å². The molecule has 2 heterocycles. The van der Waals surface area contributed by atoms with Crippen molar-refractivity contribution >= 4 is 11.4 Å². The summed E-state index contributed by atoms with van der Waals surface area (Å²) in [5, 5.41) is 6.77. The minimum absolute atomic E-state index is 0.128. The van der Waals surface area contributed by atoms with Gasteiger partial charge in [-0.1, -0.05) is 12.1 Å². The Balaban J connectivity index is 1.66. The Morgan fingerprint density at radius 3 is 3.00 bits per heavy atom. The first-order chi connectivity index (χ1) is 11.2. The molecular weight excluding hydrogens is 296 g/mol. The molecule has 0 aliphatic carbocycles. The Bertz CT molecular complexity index is 897. The molecule has 0 radical (unpaired) electrons. The molecule has 3 aromatic rings. The van der Waals surface area contributed by atoms with Gasteiger partial charge in [0.05, 0.1) is 18.8 Å². The molecule has 7 nitrogen and oxygen atoms in total. The second-order valence-corrected chi connectivity index (χ2v) is 5.02. The molecule has 0 unspecified atom stereocenters. The fraction of sp³-hybridized carbons (Fsp3) is 0.188. The lowest BCUT2D eigenvalue weighted by atomic mass is 10.2. The number of nitrogens with zero attached hydrogens (tertiary/aromatic N) is 3. The van der Waals surface area contributed by atoms with Crippen molar-refractivity contribution in [1.29, 1.82) is 0 Å². The van der Waals surface area contributed by atoms with Gasteiger partial charge in [0.15, 0.2) is 0 Å². The zero-order valence-electron chi connectivity index (χ0n) is 12.6. The molecule has 0 bridgehead atoms. The molecule has 1 amide bonds. The van der Waals surface area contributed by atoms with Crippen LogP contribution in [-0.4, -0.2) is 27.2 Å². The van der Waals surface area contributed by atoms with Crippen LogP contribution in [0.1, 0.15) is 5.56 Å². The number of benzene rings is 1. The zero-order valence-corrected chi connectivity index (χ0v) is 12.6. The van der Waals surface area contributed by atoms with Crippen molar-refractivity contribution in [2.24, 2.45) is 0 Å². The number of carbonyl (C=O) groups is 1. The highest BCUT2D eigenvalue weighted by Gasteiger charge is 2.08. The molecule has 0 atom stereocenters. The third kappa shape index (κ3) is 3.23. The Hall–Kier alpha value is -3.09. The molecule has 23 heavy (non-hydrogen) atoms. The fourth-order valence-electron chi connectivity index (χ4n) is 2.26. The van der Waals surface area contributed by atoms with Crippen molar-refractivity contribution in [2.45, 2.75) is 13.1 Å². The van der Waals surface area contributed by atoms with Crippen LogP contribution in [0.2, 0.25) is 0 Å². The van der Waals surface area contributed by atoms with Crippen molar-refractivity contribution in [2.75, 3.05) is 7.11 Å². The summed E-state index contributed by atoms with van der Waals surface area (Å²) < 4.78 is 7.71. The van der Waals surface area contributed by atoms with Crippen LogP contribution >= 0.6 is 0 Å². The summed E-state index contributed by atoms with van der Waals surface area (Å²) in [6.45, 7) is 0.230. The maximum atomic E-state index is 12.1. The average molecular weight is 312 g/mol. The summed E-state index contributed by atoms with van der Waals surface area (Å²) in [7, 11) is 1.59. The normalized spacial score (nSPS) is 10.7. The van der Waals surface area contributed by atoms with E-state index < -0.39 is 0 Å². The Kier molecular flexibility index (Phi) is 4.09. The largest absolute Gasteiger partial charge is 0.497 e. The monoisotopic (exact) mass is 312 g/mol. The minimum atomic E-state index is -0.343. The first-order valence-electron chi connectivity index (χ1n) is 7.10. The van der Waals surface area contributed by atoms with Crippen molar-refractivity contribution < 1.29 is 9.53 Å². The first kappa shape index (κ1) is 14.8. The second kappa shape index (κ2) is 6.35. The zero-order chi connectivity index (χ0) is 16.2. The van der Waals surface area contributed by atoms with Gasteiger partial charge in [-0.25, -0.2) is 9.48 Å². The summed E-state index contributed by atoms with van der Waals surface area (Å²) in [6, 6.07) is 11.0. The molecular formula is C16H16N4O3. The topological polar surface area (TPSA) is 77.6 Å². The third-order valence-electron chi connectivity index (χ3n) is 3.45. The Labute approximate surface area is 132 Å². The minimum Gasteiger partial charge on any atom is -0.497 e. The summed E-state index contributed by atoms with van der Waals surface area (Å²) in [6.07, 6.45) is 3.20. The molecule has 1 N–H and O–H groups in total. The number of fused-ring (bicyclic) bond motifs is 1. The van der Waals surface area contributed by atoms with E-state index in [4.69, 9.17) is 4.74 Å². The van der Waals surface area contributed by atoms with E-state index in [0.29, 0.717) is 12.1 Å². The first-order valence-corrected chi connectivity index (χ1v) is 7.10. The Morgan fingerprint density at radius 2 is 2.17 bits per heavy atom. The Morgan fingerprint density at radius 1 is 1.30 bits per heavy atom.